The molecule has 0 spiro atoms. The average Bonchev–Trinajstić information content (AvgIpc) is 2.81. The second-order valence-electron chi connectivity index (χ2n) is 4.13. The molecule has 0 unspecified atom stereocenters. The summed E-state index contributed by atoms with van der Waals surface area (Å²) in [6.45, 7) is 3.16. The van der Waals surface area contributed by atoms with Gasteiger partial charge >= 0.3 is 0 Å². The highest BCUT2D eigenvalue weighted by molar-refractivity contribution is 7.09. The maximum atomic E-state index is 7.33. The lowest BCUT2D eigenvalue weighted by molar-refractivity contribution is 0.124. The second-order valence-corrected chi connectivity index (χ2v) is 5.07. The molecule has 100 valence electrons. The number of rotatable bonds is 6. The number of amidine groups is 1. The van der Waals surface area contributed by atoms with Gasteiger partial charge in [0.2, 0.25) is 0 Å². The number of nitrogens with two attached hydrogens (primary N) is 1. The Bertz CT molecular complexity index is 567. The molecule has 2 aromatic rings. The van der Waals surface area contributed by atoms with Gasteiger partial charge < -0.3 is 10.5 Å². The highest BCUT2D eigenvalue weighted by Gasteiger charge is 2.03. The van der Waals surface area contributed by atoms with Crippen LogP contribution in [0.3, 0.4) is 0 Å². The Morgan fingerprint density at radius 2 is 2.32 bits per heavy atom. The Balaban J connectivity index is 1.81. The summed E-state index contributed by atoms with van der Waals surface area (Å²) in [6, 6.07) is 3.64. The van der Waals surface area contributed by atoms with Crippen LogP contribution in [-0.4, -0.2) is 22.4 Å². The van der Waals surface area contributed by atoms with Gasteiger partial charge in [0.1, 0.15) is 11.5 Å². The van der Waals surface area contributed by atoms with E-state index in [1.807, 2.05) is 18.5 Å². The fourth-order valence-corrected chi connectivity index (χ4v) is 2.39. The van der Waals surface area contributed by atoms with Crippen molar-refractivity contribution in [3.63, 3.8) is 0 Å². The van der Waals surface area contributed by atoms with Crippen LogP contribution in [-0.2, 0) is 17.8 Å². The molecule has 0 amide bonds. The molecular formula is C13H16N4OS. The number of nitrogens with zero attached hydrogens (tertiary/aromatic N) is 2. The Hall–Kier alpha value is -1.79. The molecule has 0 saturated heterocycles. The van der Waals surface area contributed by atoms with Gasteiger partial charge in [-0.05, 0) is 24.6 Å². The van der Waals surface area contributed by atoms with Gasteiger partial charge in [-0.15, -0.1) is 11.3 Å². The second kappa shape index (κ2) is 6.40. The summed E-state index contributed by atoms with van der Waals surface area (Å²) in [5.41, 5.74) is 9.79. The standard InChI is InChI=1S/C13H16N4OS/c1-9-12(19-8-17-9)3-5-18-7-10-2-4-16-11(6-10)13(14)15/h2,4,6,8H,3,5,7H2,1H3,(H3,14,15). The molecule has 0 radical (unpaired) electrons. The average molecular weight is 276 g/mol. The Kier molecular flexibility index (Phi) is 4.59. The number of nitrogen functional groups attached to an aromatic ring is 1. The smallest absolute Gasteiger partial charge is 0.141 e. The summed E-state index contributed by atoms with van der Waals surface area (Å²) in [5, 5.41) is 7.33. The Morgan fingerprint density at radius 1 is 1.47 bits per heavy atom. The van der Waals surface area contributed by atoms with Crippen molar-refractivity contribution in [3.05, 3.63) is 45.7 Å². The number of nitrogens with one attached hydrogen (secondary N) is 1. The largest absolute Gasteiger partial charge is 0.382 e. The summed E-state index contributed by atoms with van der Waals surface area (Å²) in [4.78, 5) is 9.47. The number of aryl methyl sites for hydroxylation is 1. The molecule has 0 bridgehead atoms. The maximum Gasteiger partial charge on any atom is 0.141 e. The molecule has 2 aromatic heterocycles. The number of pyridine rings is 1. The minimum absolute atomic E-state index is 0.0258. The van der Waals surface area contributed by atoms with E-state index in [2.05, 4.69) is 9.97 Å². The molecule has 3 N–H and O–H groups in total. The maximum absolute atomic E-state index is 7.33. The highest BCUT2D eigenvalue weighted by Crippen LogP contribution is 2.13. The molecule has 0 fully saturated rings. The van der Waals surface area contributed by atoms with Crippen molar-refractivity contribution in [2.24, 2.45) is 5.73 Å². The van der Waals surface area contributed by atoms with Crippen molar-refractivity contribution in [2.45, 2.75) is 20.0 Å². The van der Waals surface area contributed by atoms with E-state index >= 15 is 0 Å². The van der Waals surface area contributed by atoms with Gasteiger partial charge in [-0.3, -0.25) is 10.4 Å². The third-order valence-electron chi connectivity index (χ3n) is 2.69. The van der Waals surface area contributed by atoms with Gasteiger partial charge in [-0.2, -0.15) is 0 Å². The van der Waals surface area contributed by atoms with Gasteiger partial charge in [0.25, 0.3) is 0 Å². The SMILES string of the molecule is Cc1ncsc1CCOCc1ccnc(C(=N)N)c1. The van der Waals surface area contributed by atoms with Crippen LogP contribution < -0.4 is 5.73 Å². The van der Waals surface area contributed by atoms with Gasteiger partial charge in [-0.1, -0.05) is 0 Å². The normalized spacial score (nSPS) is 10.6. The first-order valence-electron chi connectivity index (χ1n) is 5.93. The molecular weight excluding hydrogens is 260 g/mol. The predicted octanol–water partition coefficient (Wildman–Crippen LogP) is 1.89. The van der Waals surface area contributed by atoms with Crippen LogP contribution in [0.4, 0.5) is 0 Å². The van der Waals surface area contributed by atoms with Gasteiger partial charge in [0.05, 0.1) is 24.4 Å². The van der Waals surface area contributed by atoms with Crippen LogP contribution in [0, 0.1) is 12.3 Å². The molecule has 0 aliphatic heterocycles. The minimum atomic E-state index is -0.0258. The van der Waals surface area contributed by atoms with E-state index in [0.717, 1.165) is 17.7 Å². The lowest BCUT2D eigenvalue weighted by Gasteiger charge is -2.05. The Morgan fingerprint density at radius 3 is 3.00 bits per heavy atom. The summed E-state index contributed by atoms with van der Waals surface area (Å²) in [6.07, 6.45) is 2.52. The lowest BCUT2D eigenvalue weighted by Crippen LogP contribution is -2.13. The van der Waals surface area contributed by atoms with E-state index in [-0.39, 0.29) is 5.84 Å². The lowest BCUT2D eigenvalue weighted by atomic mass is 10.2. The molecule has 0 atom stereocenters. The monoisotopic (exact) mass is 276 g/mol. The molecule has 2 rings (SSSR count). The first kappa shape index (κ1) is 13.6. The van der Waals surface area contributed by atoms with Crippen LogP contribution in [0.5, 0.6) is 0 Å². The molecule has 0 aliphatic carbocycles. The molecule has 0 aliphatic rings. The number of hydrogen-bond acceptors (Lipinski definition) is 5. The molecule has 5 nitrogen and oxygen atoms in total. The van der Waals surface area contributed by atoms with E-state index in [1.165, 1.54) is 4.88 Å². The summed E-state index contributed by atoms with van der Waals surface area (Å²) in [7, 11) is 0. The van der Waals surface area contributed by atoms with Crippen LogP contribution in [0.1, 0.15) is 21.8 Å². The van der Waals surface area contributed by atoms with Crippen molar-refractivity contribution in [1.29, 1.82) is 5.41 Å². The quantitative estimate of drug-likeness (QED) is 0.479. The van der Waals surface area contributed by atoms with Crippen LogP contribution in [0.15, 0.2) is 23.8 Å². The fraction of sp³-hybridized carbons (Fsp3) is 0.308. The Labute approximate surface area is 116 Å². The van der Waals surface area contributed by atoms with Crippen molar-refractivity contribution < 1.29 is 4.74 Å². The van der Waals surface area contributed by atoms with E-state index in [1.54, 1.807) is 23.6 Å². The number of thiazole rings is 1. The van der Waals surface area contributed by atoms with Gasteiger partial charge in [0, 0.05) is 17.5 Å². The van der Waals surface area contributed by atoms with Crippen molar-refractivity contribution in [1.82, 2.24) is 9.97 Å². The third kappa shape index (κ3) is 3.84. The number of ether oxygens (including phenoxy) is 1. The first-order chi connectivity index (χ1) is 9.16. The van der Waals surface area contributed by atoms with E-state index in [0.29, 0.717) is 18.9 Å². The molecule has 0 aromatic carbocycles. The van der Waals surface area contributed by atoms with E-state index in [4.69, 9.17) is 15.9 Å². The summed E-state index contributed by atoms with van der Waals surface area (Å²) in [5.74, 6) is -0.0258. The molecule has 19 heavy (non-hydrogen) atoms. The zero-order valence-electron chi connectivity index (χ0n) is 10.7. The number of hydrogen-bond donors (Lipinski definition) is 2. The predicted molar refractivity (Wildman–Crippen MR) is 75.5 cm³/mol. The number of aromatic nitrogens is 2. The van der Waals surface area contributed by atoms with E-state index in [9.17, 15) is 0 Å². The van der Waals surface area contributed by atoms with Crippen LogP contribution in [0.25, 0.3) is 0 Å². The molecule has 6 heteroatoms. The van der Waals surface area contributed by atoms with Gasteiger partial charge in [-0.25, -0.2) is 4.98 Å². The topological polar surface area (TPSA) is 84.9 Å². The van der Waals surface area contributed by atoms with Crippen LogP contribution in [0.2, 0.25) is 0 Å². The summed E-state index contributed by atoms with van der Waals surface area (Å²) >= 11 is 1.66. The van der Waals surface area contributed by atoms with Crippen molar-refractivity contribution in [3.8, 4) is 0 Å². The van der Waals surface area contributed by atoms with Crippen molar-refractivity contribution in [2.75, 3.05) is 6.61 Å². The third-order valence-corrected chi connectivity index (χ3v) is 3.68. The molecule has 2 heterocycles. The van der Waals surface area contributed by atoms with Crippen molar-refractivity contribution >= 4 is 17.2 Å². The van der Waals surface area contributed by atoms with E-state index < -0.39 is 0 Å². The summed E-state index contributed by atoms with van der Waals surface area (Å²) < 4.78 is 5.62. The fourth-order valence-electron chi connectivity index (χ4n) is 1.63. The minimum Gasteiger partial charge on any atom is -0.382 e. The molecule has 0 saturated carbocycles. The van der Waals surface area contributed by atoms with Crippen LogP contribution >= 0.6 is 11.3 Å². The first-order valence-corrected chi connectivity index (χ1v) is 6.81. The zero-order chi connectivity index (χ0) is 13.7. The van der Waals surface area contributed by atoms with Gasteiger partial charge in [0.15, 0.2) is 0 Å². The highest BCUT2D eigenvalue weighted by atomic mass is 32.1. The zero-order valence-corrected chi connectivity index (χ0v) is 11.5.